The first-order chi connectivity index (χ1) is 9.83. The van der Waals surface area contributed by atoms with Crippen LogP contribution in [-0.4, -0.2) is 57.7 Å². The molecular formula is C15H29BrO4. The molecule has 0 atom stereocenters. The van der Waals surface area contributed by atoms with E-state index >= 15 is 0 Å². The molecule has 0 spiro atoms. The molecule has 5 heteroatoms. The normalized spacial score (nSPS) is 18.9. The zero-order chi connectivity index (χ0) is 14.5. The molecule has 1 rings (SSSR count). The molecule has 0 radical (unpaired) electrons. The zero-order valence-electron chi connectivity index (χ0n) is 12.7. The summed E-state index contributed by atoms with van der Waals surface area (Å²) in [5.74, 6) is 0. The Bertz CT molecular complexity index is 218. The van der Waals surface area contributed by atoms with E-state index in [0.717, 1.165) is 5.33 Å². The molecule has 0 aromatic rings. The number of hydrogen-bond acceptors (Lipinski definition) is 4. The first-order valence-corrected chi connectivity index (χ1v) is 8.79. The fourth-order valence-electron chi connectivity index (χ4n) is 2.47. The van der Waals surface area contributed by atoms with Crippen molar-refractivity contribution in [3.05, 3.63) is 0 Å². The molecule has 0 bridgehead atoms. The van der Waals surface area contributed by atoms with Gasteiger partial charge in [0.15, 0.2) is 0 Å². The summed E-state index contributed by atoms with van der Waals surface area (Å²) in [4.78, 5) is 0. The van der Waals surface area contributed by atoms with Gasteiger partial charge in [-0.3, -0.25) is 0 Å². The first-order valence-electron chi connectivity index (χ1n) is 7.67. The van der Waals surface area contributed by atoms with Crippen molar-refractivity contribution < 1.29 is 18.9 Å². The van der Waals surface area contributed by atoms with E-state index in [1.165, 1.54) is 38.5 Å². The fraction of sp³-hybridized carbons (Fsp3) is 1.00. The highest BCUT2D eigenvalue weighted by molar-refractivity contribution is 9.09. The minimum atomic E-state index is 0.0365. The van der Waals surface area contributed by atoms with Crippen LogP contribution in [0.2, 0.25) is 0 Å². The van der Waals surface area contributed by atoms with E-state index in [4.69, 9.17) is 18.9 Å². The molecule has 1 fully saturated rings. The third-order valence-electron chi connectivity index (χ3n) is 3.70. The van der Waals surface area contributed by atoms with Gasteiger partial charge in [0.25, 0.3) is 0 Å². The number of rotatable bonds is 11. The number of hydrogen-bond donors (Lipinski definition) is 0. The standard InChI is InChI=1S/C15H29BrO4/c1-17-8-9-18-10-11-19-12-13-20-15(14-16)6-4-2-3-5-7-15/h2-14H2,1H3. The van der Waals surface area contributed by atoms with Gasteiger partial charge >= 0.3 is 0 Å². The Labute approximate surface area is 131 Å². The third kappa shape index (κ3) is 7.93. The summed E-state index contributed by atoms with van der Waals surface area (Å²) >= 11 is 3.62. The molecule has 4 nitrogen and oxygen atoms in total. The minimum Gasteiger partial charge on any atom is -0.382 e. The van der Waals surface area contributed by atoms with Crippen molar-refractivity contribution in [3.8, 4) is 0 Å². The highest BCUT2D eigenvalue weighted by Crippen LogP contribution is 2.32. The largest absolute Gasteiger partial charge is 0.382 e. The molecule has 0 amide bonds. The third-order valence-corrected chi connectivity index (χ3v) is 4.72. The van der Waals surface area contributed by atoms with Crippen LogP contribution in [0, 0.1) is 0 Å². The van der Waals surface area contributed by atoms with Crippen molar-refractivity contribution >= 4 is 15.9 Å². The van der Waals surface area contributed by atoms with E-state index in [1.54, 1.807) is 7.11 Å². The van der Waals surface area contributed by atoms with Crippen molar-refractivity contribution in [2.75, 3.05) is 52.1 Å². The van der Waals surface area contributed by atoms with Gasteiger partial charge in [0.1, 0.15) is 0 Å². The summed E-state index contributed by atoms with van der Waals surface area (Å²) < 4.78 is 21.9. The summed E-state index contributed by atoms with van der Waals surface area (Å²) in [5, 5.41) is 0.931. The van der Waals surface area contributed by atoms with Crippen LogP contribution in [0.3, 0.4) is 0 Å². The summed E-state index contributed by atoms with van der Waals surface area (Å²) in [6, 6.07) is 0. The van der Waals surface area contributed by atoms with Gasteiger partial charge in [-0.2, -0.15) is 0 Å². The highest BCUT2D eigenvalue weighted by Gasteiger charge is 2.30. The Morgan fingerprint density at radius 2 is 1.35 bits per heavy atom. The minimum absolute atomic E-state index is 0.0365. The molecule has 20 heavy (non-hydrogen) atoms. The van der Waals surface area contributed by atoms with Gasteiger partial charge in [-0.05, 0) is 12.8 Å². The molecule has 0 aliphatic heterocycles. The SMILES string of the molecule is COCCOCCOCCOC1(CBr)CCCCCC1. The van der Waals surface area contributed by atoms with Crippen molar-refractivity contribution in [1.82, 2.24) is 0 Å². The quantitative estimate of drug-likeness (QED) is 0.325. The Kier molecular flexibility index (Phi) is 11.0. The first kappa shape index (κ1) is 18.4. The molecule has 0 saturated heterocycles. The number of halogens is 1. The Balaban J connectivity index is 2.01. The van der Waals surface area contributed by atoms with Gasteiger partial charge in [-0.25, -0.2) is 0 Å². The van der Waals surface area contributed by atoms with Gasteiger partial charge in [-0.15, -0.1) is 0 Å². The van der Waals surface area contributed by atoms with E-state index in [-0.39, 0.29) is 5.60 Å². The summed E-state index contributed by atoms with van der Waals surface area (Å²) in [6.07, 6.45) is 7.57. The van der Waals surface area contributed by atoms with Gasteiger partial charge in [-0.1, -0.05) is 41.6 Å². The highest BCUT2D eigenvalue weighted by atomic mass is 79.9. The predicted molar refractivity (Wildman–Crippen MR) is 83.7 cm³/mol. The van der Waals surface area contributed by atoms with E-state index in [0.29, 0.717) is 39.6 Å². The van der Waals surface area contributed by atoms with Crippen LogP contribution in [0.25, 0.3) is 0 Å². The van der Waals surface area contributed by atoms with Crippen LogP contribution in [0.4, 0.5) is 0 Å². The van der Waals surface area contributed by atoms with Crippen molar-refractivity contribution in [2.24, 2.45) is 0 Å². The summed E-state index contributed by atoms with van der Waals surface area (Å²) in [5.41, 5.74) is 0.0365. The number of ether oxygens (including phenoxy) is 4. The van der Waals surface area contributed by atoms with Crippen LogP contribution < -0.4 is 0 Å². The van der Waals surface area contributed by atoms with E-state index in [1.807, 2.05) is 0 Å². The van der Waals surface area contributed by atoms with Crippen molar-refractivity contribution in [2.45, 2.75) is 44.1 Å². The lowest BCUT2D eigenvalue weighted by atomic mass is 9.97. The van der Waals surface area contributed by atoms with Crippen LogP contribution >= 0.6 is 15.9 Å². The van der Waals surface area contributed by atoms with Crippen LogP contribution in [0.15, 0.2) is 0 Å². The average Bonchev–Trinajstić information content (AvgIpc) is 2.72. The molecule has 0 aromatic heterocycles. The topological polar surface area (TPSA) is 36.9 Å². The Morgan fingerprint density at radius 1 is 0.800 bits per heavy atom. The van der Waals surface area contributed by atoms with Gasteiger partial charge in [0, 0.05) is 12.4 Å². The lowest BCUT2D eigenvalue weighted by Gasteiger charge is -2.31. The van der Waals surface area contributed by atoms with Gasteiger partial charge in [0.05, 0.1) is 45.2 Å². The number of methoxy groups -OCH3 is 1. The predicted octanol–water partition coefficient (Wildman–Crippen LogP) is 3.17. The Hall–Kier alpha value is 0.320. The maximum atomic E-state index is 6.11. The van der Waals surface area contributed by atoms with Crippen molar-refractivity contribution in [1.29, 1.82) is 0 Å². The molecule has 0 aromatic carbocycles. The van der Waals surface area contributed by atoms with E-state index < -0.39 is 0 Å². The lowest BCUT2D eigenvalue weighted by molar-refractivity contribution is -0.0664. The fourth-order valence-corrected chi connectivity index (χ4v) is 3.19. The summed E-state index contributed by atoms with van der Waals surface area (Å²) in [7, 11) is 1.67. The lowest BCUT2D eigenvalue weighted by Crippen LogP contribution is -2.35. The van der Waals surface area contributed by atoms with Crippen LogP contribution in [-0.2, 0) is 18.9 Å². The second-order valence-corrected chi connectivity index (χ2v) is 5.86. The van der Waals surface area contributed by atoms with Crippen molar-refractivity contribution in [3.63, 3.8) is 0 Å². The monoisotopic (exact) mass is 352 g/mol. The second kappa shape index (κ2) is 11.9. The molecule has 1 aliphatic rings. The van der Waals surface area contributed by atoms with Gasteiger partial charge < -0.3 is 18.9 Å². The van der Waals surface area contributed by atoms with E-state index in [2.05, 4.69) is 15.9 Å². The van der Waals surface area contributed by atoms with Crippen LogP contribution in [0.1, 0.15) is 38.5 Å². The molecular weight excluding hydrogens is 324 g/mol. The summed E-state index contributed by atoms with van der Waals surface area (Å²) in [6.45, 7) is 3.81. The van der Waals surface area contributed by atoms with Crippen LogP contribution in [0.5, 0.6) is 0 Å². The molecule has 0 N–H and O–H groups in total. The number of alkyl halides is 1. The van der Waals surface area contributed by atoms with Gasteiger partial charge in [0.2, 0.25) is 0 Å². The Morgan fingerprint density at radius 3 is 1.90 bits per heavy atom. The maximum Gasteiger partial charge on any atom is 0.0780 e. The second-order valence-electron chi connectivity index (χ2n) is 5.30. The molecule has 0 unspecified atom stereocenters. The molecule has 0 heterocycles. The average molecular weight is 353 g/mol. The molecule has 1 saturated carbocycles. The maximum absolute atomic E-state index is 6.11. The molecule has 1 aliphatic carbocycles. The zero-order valence-corrected chi connectivity index (χ0v) is 14.3. The van der Waals surface area contributed by atoms with E-state index in [9.17, 15) is 0 Å². The smallest absolute Gasteiger partial charge is 0.0780 e. The molecule has 120 valence electrons.